The Morgan fingerprint density at radius 3 is 2.53 bits per heavy atom. The molecule has 92 valence electrons. The summed E-state index contributed by atoms with van der Waals surface area (Å²) in [4.78, 5) is 24.4. The number of ether oxygens (including phenoxy) is 1. The van der Waals surface area contributed by atoms with Gasteiger partial charge in [0, 0.05) is 18.6 Å². The van der Waals surface area contributed by atoms with E-state index in [1.165, 1.54) is 12.0 Å². The third-order valence-corrected chi connectivity index (χ3v) is 2.53. The van der Waals surface area contributed by atoms with Gasteiger partial charge in [0.05, 0.1) is 18.4 Å². The molecule has 0 atom stereocenters. The highest BCUT2D eigenvalue weighted by Gasteiger charge is 2.14. The molecule has 1 N–H and O–H groups in total. The molecule has 0 unspecified atom stereocenters. The highest BCUT2D eigenvalue weighted by molar-refractivity contribution is 9.10. The number of amides is 2. The first-order valence-corrected chi connectivity index (χ1v) is 5.61. The zero-order valence-corrected chi connectivity index (χ0v) is 11.4. The van der Waals surface area contributed by atoms with Crippen LogP contribution in [0.3, 0.4) is 0 Å². The van der Waals surface area contributed by atoms with E-state index in [9.17, 15) is 9.59 Å². The molecular weight excluding hydrogens is 288 g/mol. The molecular formula is C11H13BrN2O3. The van der Waals surface area contributed by atoms with Gasteiger partial charge in [0.1, 0.15) is 0 Å². The first kappa shape index (κ1) is 13.5. The fraction of sp³-hybridized carbons (Fsp3) is 0.273. The van der Waals surface area contributed by atoms with E-state index < -0.39 is 5.97 Å². The number of carbonyl (C=O) groups is 2. The maximum Gasteiger partial charge on any atom is 0.339 e. The van der Waals surface area contributed by atoms with Crippen molar-refractivity contribution in [3.8, 4) is 0 Å². The second kappa shape index (κ2) is 5.67. The summed E-state index contributed by atoms with van der Waals surface area (Å²) in [7, 11) is 4.53. The number of esters is 1. The Hall–Kier alpha value is -1.56. The molecule has 0 radical (unpaired) electrons. The van der Waals surface area contributed by atoms with Gasteiger partial charge >= 0.3 is 12.0 Å². The van der Waals surface area contributed by atoms with Crippen molar-refractivity contribution in [2.75, 3.05) is 26.5 Å². The number of rotatable bonds is 2. The summed E-state index contributed by atoms with van der Waals surface area (Å²) < 4.78 is 5.40. The SMILES string of the molecule is COC(=O)c1ccc(Br)cc1NC(=O)N(C)C. The number of hydrogen-bond donors (Lipinski definition) is 1. The molecule has 0 fully saturated rings. The largest absolute Gasteiger partial charge is 0.465 e. The molecule has 0 aliphatic heterocycles. The van der Waals surface area contributed by atoms with Crippen LogP contribution in [0.25, 0.3) is 0 Å². The van der Waals surface area contributed by atoms with Crippen LogP contribution in [0.2, 0.25) is 0 Å². The molecule has 1 aromatic rings. The molecule has 0 aliphatic rings. The van der Waals surface area contributed by atoms with Gasteiger partial charge in [-0.3, -0.25) is 0 Å². The summed E-state index contributed by atoms with van der Waals surface area (Å²) >= 11 is 3.28. The topological polar surface area (TPSA) is 58.6 Å². The first-order chi connectivity index (χ1) is 7.95. The average molecular weight is 301 g/mol. The monoisotopic (exact) mass is 300 g/mol. The molecule has 0 saturated carbocycles. The molecule has 1 aromatic carbocycles. The van der Waals surface area contributed by atoms with Crippen molar-refractivity contribution in [1.29, 1.82) is 0 Å². The van der Waals surface area contributed by atoms with Crippen molar-refractivity contribution in [2.24, 2.45) is 0 Å². The lowest BCUT2D eigenvalue weighted by Crippen LogP contribution is -2.28. The Balaban J connectivity index is 3.07. The second-order valence-electron chi connectivity index (χ2n) is 3.51. The van der Waals surface area contributed by atoms with Gasteiger partial charge in [-0.2, -0.15) is 0 Å². The maximum absolute atomic E-state index is 11.5. The summed E-state index contributed by atoms with van der Waals surface area (Å²) in [6, 6.07) is 4.63. The summed E-state index contributed by atoms with van der Waals surface area (Å²) in [5.41, 5.74) is 0.718. The predicted molar refractivity (Wildman–Crippen MR) is 68.2 cm³/mol. The zero-order chi connectivity index (χ0) is 13.0. The molecule has 0 aromatic heterocycles. The number of nitrogens with one attached hydrogen (secondary N) is 1. The van der Waals surface area contributed by atoms with Gasteiger partial charge in [-0.05, 0) is 18.2 Å². The lowest BCUT2D eigenvalue weighted by Gasteiger charge is -2.14. The minimum absolute atomic E-state index is 0.311. The third-order valence-electron chi connectivity index (χ3n) is 2.03. The predicted octanol–water partition coefficient (Wildman–Crippen LogP) is 2.33. The molecule has 6 heteroatoms. The van der Waals surface area contributed by atoms with Crippen molar-refractivity contribution in [2.45, 2.75) is 0 Å². The standard InChI is InChI=1S/C11H13BrN2O3/c1-14(2)11(16)13-9-6-7(12)4-5-8(9)10(15)17-3/h4-6H,1-3H3,(H,13,16). The smallest absolute Gasteiger partial charge is 0.339 e. The van der Waals surface area contributed by atoms with Crippen LogP contribution in [0.15, 0.2) is 22.7 Å². The third kappa shape index (κ3) is 3.45. The van der Waals surface area contributed by atoms with Gasteiger partial charge in [-0.1, -0.05) is 15.9 Å². The quantitative estimate of drug-likeness (QED) is 0.853. The normalized spacial score (nSPS) is 9.65. The summed E-state index contributed by atoms with van der Waals surface area (Å²) in [6.45, 7) is 0. The molecule has 0 heterocycles. The van der Waals surface area contributed by atoms with Crippen LogP contribution in [-0.2, 0) is 4.74 Å². The van der Waals surface area contributed by atoms with Crippen LogP contribution in [-0.4, -0.2) is 38.1 Å². The number of halogens is 1. The zero-order valence-electron chi connectivity index (χ0n) is 9.78. The van der Waals surface area contributed by atoms with Crippen molar-refractivity contribution in [1.82, 2.24) is 4.90 Å². The minimum atomic E-state index is -0.494. The van der Waals surface area contributed by atoms with E-state index in [-0.39, 0.29) is 6.03 Å². The molecule has 0 spiro atoms. The number of methoxy groups -OCH3 is 1. The Kier molecular flexibility index (Phi) is 4.51. The van der Waals surface area contributed by atoms with Gasteiger partial charge in [0.25, 0.3) is 0 Å². The molecule has 1 rings (SSSR count). The lowest BCUT2D eigenvalue weighted by molar-refractivity contribution is 0.0602. The molecule has 0 bridgehead atoms. The highest BCUT2D eigenvalue weighted by atomic mass is 79.9. The van der Waals surface area contributed by atoms with Gasteiger partial charge < -0.3 is 15.0 Å². The first-order valence-electron chi connectivity index (χ1n) is 4.82. The average Bonchev–Trinajstić information content (AvgIpc) is 2.28. The number of urea groups is 1. The maximum atomic E-state index is 11.5. The Bertz CT molecular complexity index is 446. The minimum Gasteiger partial charge on any atom is -0.465 e. The fourth-order valence-electron chi connectivity index (χ4n) is 1.13. The van der Waals surface area contributed by atoms with E-state index in [4.69, 9.17) is 0 Å². The van der Waals surface area contributed by atoms with E-state index in [1.54, 1.807) is 32.3 Å². The van der Waals surface area contributed by atoms with E-state index in [1.807, 2.05) is 0 Å². The van der Waals surface area contributed by atoms with Crippen LogP contribution >= 0.6 is 15.9 Å². The number of hydrogen-bond acceptors (Lipinski definition) is 3. The van der Waals surface area contributed by atoms with Crippen LogP contribution in [0.5, 0.6) is 0 Å². The number of benzene rings is 1. The molecule has 0 aliphatic carbocycles. The van der Waals surface area contributed by atoms with Gasteiger partial charge in [-0.25, -0.2) is 9.59 Å². The Morgan fingerprint density at radius 2 is 2.00 bits per heavy atom. The van der Waals surface area contributed by atoms with E-state index in [0.29, 0.717) is 11.3 Å². The summed E-state index contributed by atoms with van der Waals surface area (Å²) in [5.74, 6) is -0.494. The number of anilines is 1. The Morgan fingerprint density at radius 1 is 1.35 bits per heavy atom. The summed E-state index contributed by atoms with van der Waals surface area (Å²) in [5, 5.41) is 2.62. The van der Waals surface area contributed by atoms with Crippen molar-refractivity contribution >= 4 is 33.6 Å². The van der Waals surface area contributed by atoms with E-state index >= 15 is 0 Å². The fourth-order valence-corrected chi connectivity index (χ4v) is 1.50. The lowest BCUT2D eigenvalue weighted by atomic mass is 10.2. The van der Waals surface area contributed by atoms with Crippen LogP contribution in [0, 0.1) is 0 Å². The van der Waals surface area contributed by atoms with Crippen LogP contribution < -0.4 is 5.32 Å². The van der Waals surface area contributed by atoms with Gasteiger partial charge in [0.2, 0.25) is 0 Å². The molecule has 0 saturated heterocycles. The van der Waals surface area contributed by atoms with Crippen molar-refractivity contribution < 1.29 is 14.3 Å². The Labute approximate surface area is 108 Å². The molecule has 5 nitrogen and oxygen atoms in total. The van der Waals surface area contributed by atoms with Gasteiger partial charge in [-0.15, -0.1) is 0 Å². The highest BCUT2D eigenvalue weighted by Crippen LogP contribution is 2.22. The number of carbonyl (C=O) groups excluding carboxylic acids is 2. The van der Waals surface area contributed by atoms with Crippen molar-refractivity contribution in [3.05, 3.63) is 28.2 Å². The van der Waals surface area contributed by atoms with E-state index in [0.717, 1.165) is 4.47 Å². The van der Waals surface area contributed by atoms with Crippen molar-refractivity contribution in [3.63, 3.8) is 0 Å². The van der Waals surface area contributed by atoms with E-state index in [2.05, 4.69) is 26.0 Å². The van der Waals surface area contributed by atoms with Gasteiger partial charge in [0.15, 0.2) is 0 Å². The van der Waals surface area contributed by atoms with Crippen LogP contribution in [0.1, 0.15) is 10.4 Å². The van der Waals surface area contributed by atoms with Crippen LogP contribution in [0.4, 0.5) is 10.5 Å². The summed E-state index contributed by atoms with van der Waals surface area (Å²) in [6.07, 6.45) is 0. The molecule has 17 heavy (non-hydrogen) atoms. The number of nitrogens with zero attached hydrogens (tertiary/aromatic N) is 1. The molecule has 2 amide bonds. The second-order valence-corrected chi connectivity index (χ2v) is 4.42.